The van der Waals surface area contributed by atoms with Crippen LogP contribution >= 0.6 is 0 Å². The lowest BCUT2D eigenvalue weighted by atomic mass is 9.94. The van der Waals surface area contributed by atoms with E-state index in [4.69, 9.17) is 4.74 Å². The number of tetrazole rings is 1. The van der Waals surface area contributed by atoms with Crippen LogP contribution in [0.25, 0.3) is 0 Å². The Labute approximate surface area is 239 Å². The highest BCUT2D eigenvalue weighted by Crippen LogP contribution is 2.44. The van der Waals surface area contributed by atoms with Gasteiger partial charge in [-0.15, -0.1) is 5.10 Å². The topological polar surface area (TPSA) is 76.4 Å². The quantitative estimate of drug-likeness (QED) is 0.297. The average molecular weight is 599 g/mol. The fourth-order valence-electron chi connectivity index (χ4n) is 5.10. The number of hydrogen-bond acceptors (Lipinski definition) is 6. The lowest BCUT2D eigenvalue weighted by Crippen LogP contribution is -2.37. The summed E-state index contributed by atoms with van der Waals surface area (Å²) < 4.78 is 88.6. The van der Waals surface area contributed by atoms with Crippen LogP contribution < -0.4 is 9.80 Å². The van der Waals surface area contributed by atoms with Crippen LogP contribution in [0.2, 0.25) is 0 Å². The lowest BCUT2D eigenvalue weighted by molar-refractivity contribution is -0.138. The number of amides is 1. The van der Waals surface area contributed by atoms with Gasteiger partial charge in [-0.1, -0.05) is 22.8 Å². The van der Waals surface area contributed by atoms with Crippen LogP contribution in [-0.2, 0) is 30.7 Å². The molecule has 0 bridgehead atoms. The van der Waals surface area contributed by atoms with Crippen molar-refractivity contribution in [1.29, 1.82) is 0 Å². The van der Waals surface area contributed by atoms with Crippen LogP contribution in [0.4, 0.5) is 42.8 Å². The molecule has 14 heteroatoms. The van der Waals surface area contributed by atoms with Crippen molar-refractivity contribution >= 4 is 17.7 Å². The second-order valence-electron chi connectivity index (χ2n) is 11.4. The Bertz CT molecular complexity index is 1460. The van der Waals surface area contributed by atoms with Crippen molar-refractivity contribution in [3.63, 3.8) is 0 Å². The van der Waals surface area contributed by atoms with E-state index >= 15 is 0 Å². The van der Waals surface area contributed by atoms with Crippen LogP contribution in [0.3, 0.4) is 0 Å². The first kappa shape index (κ1) is 31.1. The van der Waals surface area contributed by atoms with Crippen LogP contribution in [0.15, 0.2) is 30.3 Å². The van der Waals surface area contributed by atoms with Crippen molar-refractivity contribution in [2.75, 3.05) is 16.3 Å². The second kappa shape index (κ2) is 11.1. The summed E-state index contributed by atoms with van der Waals surface area (Å²) in [6, 6.07) is 5.25. The zero-order valence-corrected chi connectivity index (χ0v) is 24.1. The minimum Gasteiger partial charge on any atom is -0.443 e. The third-order valence-corrected chi connectivity index (χ3v) is 6.75. The molecular weight excluding hydrogens is 566 g/mol. The highest BCUT2D eigenvalue weighted by atomic mass is 19.4. The molecule has 1 aliphatic heterocycles. The predicted molar refractivity (Wildman–Crippen MR) is 143 cm³/mol. The molecule has 0 radical (unpaired) electrons. The maximum Gasteiger partial charge on any atom is 0.416 e. The minimum absolute atomic E-state index is 0.00112. The molecule has 8 nitrogen and oxygen atoms in total. The number of anilines is 2. The largest absolute Gasteiger partial charge is 0.443 e. The molecule has 1 unspecified atom stereocenters. The van der Waals surface area contributed by atoms with Gasteiger partial charge in [-0.3, -0.25) is 4.90 Å². The number of carbonyl (C=O) groups excluding carboxylic acids is 1. The maximum atomic E-state index is 14.0. The van der Waals surface area contributed by atoms with E-state index in [0.29, 0.717) is 29.5 Å². The molecule has 42 heavy (non-hydrogen) atoms. The maximum absolute atomic E-state index is 14.0. The van der Waals surface area contributed by atoms with E-state index < -0.39 is 41.2 Å². The zero-order chi connectivity index (χ0) is 31.2. The van der Waals surface area contributed by atoms with Crippen LogP contribution in [-0.4, -0.2) is 38.4 Å². The highest BCUT2D eigenvalue weighted by Gasteiger charge is 2.39. The highest BCUT2D eigenvalue weighted by molar-refractivity contribution is 5.90. The molecule has 2 heterocycles. The van der Waals surface area contributed by atoms with Gasteiger partial charge in [-0.2, -0.15) is 31.1 Å². The third kappa shape index (κ3) is 6.96. The van der Waals surface area contributed by atoms with E-state index in [2.05, 4.69) is 15.4 Å². The molecule has 0 spiro atoms. The molecule has 0 fully saturated rings. The van der Waals surface area contributed by atoms with E-state index in [1.165, 1.54) is 29.7 Å². The van der Waals surface area contributed by atoms with Crippen molar-refractivity contribution in [3.05, 3.63) is 63.7 Å². The summed E-state index contributed by atoms with van der Waals surface area (Å²) >= 11 is 0. The van der Waals surface area contributed by atoms with Crippen LogP contribution in [0.5, 0.6) is 0 Å². The summed E-state index contributed by atoms with van der Waals surface area (Å²) in [7, 11) is 1.52. The Balaban J connectivity index is 1.89. The smallest absolute Gasteiger partial charge is 0.416 e. The number of alkyl halides is 6. The first-order valence-electron chi connectivity index (χ1n) is 13.2. The Morgan fingerprint density at radius 3 is 2.29 bits per heavy atom. The molecule has 0 aliphatic carbocycles. The molecular formula is C28H32F6N6O2. The number of halogens is 6. The molecule has 1 aromatic heterocycles. The molecule has 0 N–H and O–H groups in total. The van der Waals surface area contributed by atoms with Gasteiger partial charge in [0.05, 0.1) is 29.9 Å². The van der Waals surface area contributed by atoms with Gasteiger partial charge in [0.2, 0.25) is 0 Å². The number of nitrogens with zero attached hydrogens (tertiary/aromatic N) is 6. The van der Waals surface area contributed by atoms with Gasteiger partial charge < -0.3 is 9.64 Å². The lowest BCUT2D eigenvalue weighted by Gasteiger charge is -2.33. The van der Waals surface area contributed by atoms with Crippen LogP contribution in [0, 0.1) is 13.8 Å². The Morgan fingerprint density at radius 2 is 1.71 bits per heavy atom. The molecule has 1 amide bonds. The molecule has 228 valence electrons. The predicted octanol–water partition coefficient (Wildman–Crippen LogP) is 7.15. The van der Waals surface area contributed by atoms with Gasteiger partial charge in [0.1, 0.15) is 5.60 Å². The second-order valence-corrected chi connectivity index (χ2v) is 11.4. The Morgan fingerprint density at radius 1 is 1.02 bits per heavy atom. The summed E-state index contributed by atoms with van der Waals surface area (Å²) in [5, 5.41) is 12.2. The minimum atomic E-state index is -4.69. The van der Waals surface area contributed by atoms with Gasteiger partial charge in [-0.25, -0.2) is 4.79 Å². The average Bonchev–Trinajstić information content (AvgIpc) is 3.17. The van der Waals surface area contributed by atoms with Gasteiger partial charge in [-0.05, 0) is 87.6 Å². The summed E-state index contributed by atoms with van der Waals surface area (Å²) in [6.07, 6.45) is -9.41. The number of aryl methyl sites for hydroxylation is 3. The summed E-state index contributed by atoms with van der Waals surface area (Å²) in [6.45, 7) is 7.79. The zero-order valence-electron chi connectivity index (χ0n) is 24.1. The summed E-state index contributed by atoms with van der Waals surface area (Å²) in [5.41, 5.74) is -1.67. The number of aromatic nitrogens is 4. The van der Waals surface area contributed by atoms with E-state index in [-0.39, 0.29) is 30.3 Å². The molecule has 0 saturated carbocycles. The van der Waals surface area contributed by atoms with Gasteiger partial charge in [0.25, 0.3) is 5.95 Å². The normalized spacial score (nSPS) is 16.2. The number of benzene rings is 2. The van der Waals surface area contributed by atoms with E-state index in [0.717, 1.165) is 18.2 Å². The van der Waals surface area contributed by atoms with Crippen molar-refractivity contribution < 1.29 is 35.9 Å². The van der Waals surface area contributed by atoms with E-state index in [1.54, 1.807) is 38.7 Å². The fraction of sp³-hybridized carbons (Fsp3) is 0.500. The molecule has 2 aromatic carbocycles. The summed E-state index contributed by atoms with van der Waals surface area (Å²) in [5.74, 6) is 0.0757. The van der Waals surface area contributed by atoms with E-state index in [9.17, 15) is 31.1 Å². The summed E-state index contributed by atoms with van der Waals surface area (Å²) in [4.78, 5) is 17.2. The number of rotatable bonds is 4. The number of carbonyl (C=O) groups is 1. The number of fused-ring (bicyclic) bond motifs is 1. The first-order valence-corrected chi connectivity index (χ1v) is 13.2. The van der Waals surface area contributed by atoms with Crippen molar-refractivity contribution in [1.82, 2.24) is 20.2 Å². The van der Waals surface area contributed by atoms with Crippen molar-refractivity contribution in [2.45, 2.75) is 78.0 Å². The van der Waals surface area contributed by atoms with Crippen molar-refractivity contribution in [3.8, 4) is 0 Å². The molecule has 1 aliphatic rings. The molecule has 1 atom stereocenters. The van der Waals surface area contributed by atoms with Crippen LogP contribution in [0.1, 0.15) is 73.0 Å². The molecule has 4 rings (SSSR count). The Hall–Kier alpha value is -3.84. The van der Waals surface area contributed by atoms with E-state index in [1.807, 2.05) is 0 Å². The van der Waals surface area contributed by atoms with Gasteiger partial charge >= 0.3 is 18.4 Å². The number of ether oxygens (including phenoxy) is 1. The molecule has 3 aromatic rings. The molecule has 0 saturated heterocycles. The van der Waals surface area contributed by atoms with Crippen molar-refractivity contribution in [2.24, 2.45) is 7.05 Å². The number of hydrogen-bond donors (Lipinski definition) is 0. The van der Waals surface area contributed by atoms with Gasteiger partial charge in [0, 0.05) is 13.1 Å². The SMILES string of the molecule is Cc1cc(CN(c2nnn(C)n2)C2CCCN(C(=O)OC(C)(C)C)c3cc(C(F)(F)F)c(C)cc32)cc(C(F)(F)F)c1. The standard InChI is InChI=1S/C28H32F6N6O2/c1-16-10-18(13-19(11-16)27(29,30)31)15-40(24-35-37-38(6)36-24)22-8-7-9-39(25(41)42-26(3,4)5)23-14-21(28(32,33)34)17(2)12-20(22)23/h10-14,22H,7-9,15H2,1-6H3. The van der Waals surface area contributed by atoms with Gasteiger partial charge in [0.15, 0.2) is 0 Å². The monoisotopic (exact) mass is 598 g/mol. The Kier molecular flexibility index (Phi) is 8.22. The fourth-order valence-corrected chi connectivity index (χ4v) is 5.10. The third-order valence-electron chi connectivity index (χ3n) is 6.75. The first-order chi connectivity index (χ1) is 19.3.